The van der Waals surface area contributed by atoms with Gasteiger partial charge in [0.2, 0.25) is 0 Å². The number of benzene rings is 2. The second-order valence-electron chi connectivity index (χ2n) is 7.45. The summed E-state index contributed by atoms with van der Waals surface area (Å²) in [6.07, 6.45) is 3.91. The summed E-state index contributed by atoms with van der Waals surface area (Å²) in [5.41, 5.74) is 2.44. The van der Waals surface area contributed by atoms with Crippen LogP contribution in [-0.4, -0.2) is 28.7 Å². The van der Waals surface area contributed by atoms with Gasteiger partial charge in [-0.2, -0.15) is 0 Å². The van der Waals surface area contributed by atoms with E-state index in [0.717, 1.165) is 25.7 Å². The van der Waals surface area contributed by atoms with E-state index in [1.165, 1.54) is 24.6 Å². The molecular weight excluding hydrogens is 329 g/mol. The lowest BCUT2D eigenvalue weighted by Crippen LogP contribution is -2.46. The minimum atomic E-state index is -0.210. The van der Waals surface area contributed by atoms with Gasteiger partial charge in [0.05, 0.1) is 0 Å². The van der Waals surface area contributed by atoms with Crippen molar-refractivity contribution in [3.63, 3.8) is 0 Å². The molecular formula is C22H22FNO2. The van der Waals surface area contributed by atoms with Crippen LogP contribution in [-0.2, 0) is 0 Å². The average molecular weight is 351 g/mol. The van der Waals surface area contributed by atoms with E-state index in [4.69, 9.17) is 0 Å². The highest BCUT2D eigenvalue weighted by Gasteiger charge is 2.43. The number of nitrogens with zero attached hydrogens (tertiary/aromatic N) is 1. The van der Waals surface area contributed by atoms with Gasteiger partial charge in [-0.1, -0.05) is 24.3 Å². The van der Waals surface area contributed by atoms with Crippen LogP contribution in [0.5, 0.6) is 0 Å². The average Bonchev–Trinajstić information content (AvgIpc) is 2.91. The van der Waals surface area contributed by atoms with Crippen molar-refractivity contribution in [1.29, 1.82) is 0 Å². The molecule has 3 atom stereocenters. The zero-order valence-corrected chi connectivity index (χ0v) is 14.8. The van der Waals surface area contributed by atoms with Crippen LogP contribution in [0.3, 0.4) is 0 Å². The Bertz CT molecular complexity index is 814. The molecule has 1 unspecified atom stereocenters. The van der Waals surface area contributed by atoms with Crippen molar-refractivity contribution in [1.82, 2.24) is 4.90 Å². The van der Waals surface area contributed by atoms with Crippen molar-refractivity contribution >= 4 is 11.7 Å². The quantitative estimate of drug-likeness (QED) is 0.759. The van der Waals surface area contributed by atoms with Crippen LogP contribution in [0.2, 0.25) is 0 Å². The molecule has 1 amide bonds. The molecule has 2 fully saturated rings. The maximum atomic E-state index is 13.2. The number of carbonyl (C=O) groups excluding carboxylic acids is 2. The predicted molar refractivity (Wildman–Crippen MR) is 97.8 cm³/mol. The number of Topliss-reactive ketones (excluding diaryl/α,β-unsaturated/α-hetero) is 1. The number of fused-ring (bicyclic) bond motifs is 2. The Morgan fingerprint density at radius 2 is 1.42 bits per heavy atom. The van der Waals surface area contributed by atoms with E-state index >= 15 is 0 Å². The minimum absolute atomic E-state index is 0.00387. The third-order valence-corrected chi connectivity index (χ3v) is 5.85. The van der Waals surface area contributed by atoms with E-state index in [1.807, 2.05) is 17.0 Å². The van der Waals surface area contributed by atoms with Gasteiger partial charge in [0.1, 0.15) is 5.82 Å². The van der Waals surface area contributed by atoms with Crippen LogP contribution in [0, 0.1) is 5.82 Å². The van der Waals surface area contributed by atoms with Crippen molar-refractivity contribution in [3.05, 3.63) is 71.0 Å². The summed E-state index contributed by atoms with van der Waals surface area (Å²) in [7, 11) is 0. The number of amides is 1. The van der Waals surface area contributed by atoms with E-state index in [0.29, 0.717) is 17.0 Å². The summed E-state index contributed by atoms with van der Waals surface area (Å²) >= 11 is 0. The molecule has 2 saturated heterocycles. The van der Waals surface area contributed by atoms with Gasteiger partial charge in [0, 0.05) is 23.2 Å². The normalized spacial score (nSPS) is 24.5. The van der Waals surface area contributed by atoms with Gasteiger partial charge in [0.15, 0.2) is 5.78 Å². The summed E-state index contributed by atoms with van der Waals surface area (Å²) < 4.78 is 13.2. The summed E-state index contributed by atoms with van der Waals surface area (Å²) in [5.74, 6) is 0.241. The zero-order valence-electron chi connectivity index (χ0n) is 14.8. The molecule has 0 radical (unpaired) electrons. The fourth-order valence-corrected chi connectivity index (χ4v) is 4.51. The molecule has 2 aromatic rings. The maximum absolute atomic E-state index is 13.2. The molecule has 2 heterocycles. The van der Waals surface area contributed by atoms with Crippen LogP contribution < -0.4 is 0 Å². The van der Waals surface area contributed by atoms with Gasteiger partial charge < -0.3 is 4.90 Å². The number of carbonyl (C=O) groups is 2. The fourth-order valence-electron chi connectivity index (χ4n) is 4.51. The molecule has 0 spiro atoms. The first-order valence-electron chi connectivity index (χ1n) is 9.22. The van der Waals surface area contributed by atoms with Gasteiger partial charge >= 0.3 is 0 Å². The van der Waals surface area contributed by atoms with E-state index in [9.17, 15) is 14.0 Å². The monoisotopic (exact) mass is 351 g/mol. The van der Waals surface area contributed by atoms with Gasteiger partial charge in [-0.25, -0.2) is 4.39 Å². The number of hydrogen-bond acceptors (Lipinski definition) is 2. The van der Waals surface area contributed by atoms with Crippen LogP contribution >= 0.6 is 0 Å². The van der Waals surface area contributed by atoms with Gasteiger partial charge in [0.25, 0.3) is 5.91 Å². The standard InChI is InChI=1S/C22H22FNO2/c1-14(25)15-2-4-17(5-3-15)22(26)24-20-10-11-21(24)13-18(12-20)16-6-8-19(23)9-7-16/h2-9,18,20-21H,10-13H2,1H3/t18?,20-,21+. The van der Waals surface area contributed by atoms with Crippen molar-refractivity contribution in [2.24, 2.45) is 0 Å². The van der Waals surface area contributed by atoms with Crippen molar-refractivity contribution in [2.45, 2.75) is 50.6 Å². The molecule has 2 bridgehead atoms. The molecule has 4 rings (SSSR count). The maximum Gasteiger partial charge on any atom is 0.254 e. The lowest BCUT2D eigenvalue weighted by atomic mass is 9.84. The van der Waals surface area contributed by atoms with E-state index < -0.39 is 0 Å². The molecule has 3 nitrogen and oxygen atoms in total. The smallest absolute Gasteiger partial charge is 0.254 e. The second-order valence-corrected chi connectivity index (χ2v) is 7.45. The van der Waals surface area contributed by atoms with Crippen LogP contribution in [0.25, 0.3) is 0 Å². The SMILES string of the molecule is CC(=O)c1ccc(C(=O)N2[C@@H]3CC[C@H]2CC(c2ccc(F)cc2)C3)cc1. The lowest BCUT2D eigenvalue weighted by Gasteiger charge is -2.39. The highest BCUT2D eigenvalue weighted by atomic mass is 19.1. The number of halogens is 1. The Morgan fingerprint density at radius 1 is 0.885 bits per heavy atom. The lowest BCUT2D eigenvalue weighted by molar-refractivity contribution is 0.0571. The first-order chi connectivity index (χ1) is 12.5. The molecule has 0 aliphatic carbocycles. The number of hydrogen-bond donors (Lipinski definition) is 0. The van der Waals surface area contributed by atoms with Gasteiger partial charge in [-0.15, -0.1) is 0 Å². The van der Waals surface area contributed by atoms with E-state index in [1.54, 1.807) is 24.3 Å². The molecule has 0 aromatic heterocycles. The third kappa shape index (κ3) is 3.05. The van der Waals surface area contributed by atoms with Gasteiger partial charge in [-0.05, 0) is 68.4 Å². The predicted octanol–water partition coefficient (Wildman–Crippen LogP) is 4.58. The Hall–Kier alpha value is -2.49. The van der Waals surface area contributed by atoms with Crippen LogP contribution in [0.1, 0.15) is 64.8 Å². The molecule has 2 aliphatic rings. The largest absolute Gasteiger partial charge is 0.333 e. The van der Waals surface area contributed by atoms with Crippen molar-refractivity contribution in [2.75, 3.05) is 0 Å². The Morgan fingerprint density at radius 3 is 1.96 bits per heavy atom. The Kier molecular flexibility index (Phi) is 4.35. The van der Waals surface area contributed by atoms with Crippen molar-refractivity contribution in [3.8, 4) is 0 Å². The van der Waals surface area contributed by atoms with Crippen LogP contribution in [0.15, 0.2) is 48.5 Å². The molecule has 26 heavy (non-hydrogen) atoms. The van der Waals surface area contributed by atoms with E-state index in [-0.39, 0.29) is 29.6 Å². The molecule has 2 aromatic carbocycles. The topological polar surface area (TPSA) is 37.4 Å². The zero-order chi connectivity index (χ0) is 18.3. The number of ketones is 1. The Balaban J connectivity index is 1.51. The minimum Gasteiger partial charge on any atom is -0.333 e. The molecule has 134 valence electrons. The number of rotatable bonds is 3. The molecule has 2 aliphatic heterocycles. The van der Waals surface area contributed by atoms with Gasteiger partial charge in [-0.3, -0.25) is 9.59 Å². The summed E-state index contributed by atoms with van der Waals surface area (Å²) in [4.78, 5) is 26.5. The highest BCUT2D eigenvalue weighted by Crippen LogP contribution is 2.43. The molecule has 4 heteroatoms. The molecule has 0 saturated carbocycles. The first-order valence-corrected chi connectivity index (χ1v) is 9.22. The third-order valence-electron chi connectivity index (χ3n) is 5.85. The summed E-state index contributed by atoms with van der Waals surface area (Å²) in [6.45, 7) is 1.53. The number of piperidine rings is 1. The summed E-state index contributed by atoms with van der Waals surface area (Å²) in [6, 6.07) is 14.2. The fraction of sp³-hybridized carbons (Fsp3) is 0.364. The first kappa shape index (κ1) is 17.0. The Labute approximate surface area is 152 Å². The highest BCUT2D eigenvalue weighted by molar-refractivity contribution is 5.98. The van der Waals surface area contributed by atoms with Crippen LogP contribution in [0.4, 0.5) is 4.39 Å². The second kappa shape index (κ2) is 6.67. The molecule has 0 N–H and O–H groups in total. The van der Waals surface area contributed by atoms with Crippen molar-refractivity contribution < 1.29 is 14.0 Å². The van der Waals surface area contributed by atoms with E-state index in [2.05, 4.69) is 0 Å². The summed E-state index contributed by atoms with van der Waals surface area (Å²) in [5, 5.41) is 0.